The fourth-order valence-corrected chi connectivity index (χ4v) is 2.49. The number of amides is 1. The lowest BCUT2D eigenvalue weighted by Gasteiger charge is -2.37. The highest BCUT2D eigenvalue weighted by Crippen LogP contribution is 2.25. The molecule has 0 atom stereocenters. The van der Waals surface area contributed by atoms with Gasteiger partial charge in [0.05, 0.1) is 18.1 Å². The second kappa shape index (κ2) is 4.55. The second-order valence-electron chi connectivity index (χ2n) is 4.61. The molecule has 3 nitrogen and oxygen atoms in total. The molecule has 1 aliphatic rings. The van der Waals surface area contributed by atoms with Crippen LogP contribution in [-0.4, -0.2) is 25.7 Å². The van der Waals surface area contributed by atoms with Crippen LogP contribution in [0.25, 0.3) is 0 Å². The predicted octanol–water partition coefficient (Wildman–Crippen LogP) is 2.08. The van der Waals surface area contributed by atoms with E-state index in [1.807, 2.05) is 12.1 Å². The van der Waals surface area contributed by atoms with Crippen molar-refractivity contribution in [2.24, 2.45) is 5.41 Å². The van der Waals surface area contributed by atoms with E-state index in [0.29, 0.717) is 6.54 Å². The molecule has 1 aliphatic heterocycles. The van der Waals surface area contributed by atoms with E-state index in [1.165, 1.54) is 4.88 Å². The van der Waals surface area contributed by atoms with Crippen LogP contribution in [0.2, 0.25) is 0 Å². The lowest BCUT2D eigenvalue weighted by Crippen LogP contribution is -2.48. The second-order valence-corrected chi connectivity index (χ2v) is 5.77. The van der Waals surface area contributed by atoms with Crippen LogP contribution in [0.5, 0.6) is 0 Å². The maximum Gasteiger partial charge on any atom is 0.261 e. The molecule has 0 unspecified atom stereocenters. The molecule has 1 aromatic rings. The van der Waals surface area contributed by atoms with Gasteiger partial charge in [-0.15, -0.1) is 11.3 Å². The van der Waals surface area contributed by atoms with Gasteiger partial charge < -0.3 is 10.1 Å². The summed E-state index contributed by atoms with van der Waals surface area (Å²) < 4.78 is 5.15. The van der Waals surface area contributed by atoms with Gasteiger partial charge in [0, 0.05) is 16.8 Å². The number of carbonyl (C=O) groups is 1. The fourth-order valence-electron chi connectivity index (χ4n) is 1.62. The summed E-state index contributed by atoms with van der Waals surface area (Å²) in [4.78, 5) is 13.9. The Balaban J connectivity index is 1.87. The molecule has 1 N–H and O–H groups in total. The summed E-state index contributed by atoms with van der Waals surface area (Å²) in [5.41, 5.74) is 0.139. The normalized spacial score (nSPS) is 17.9. The number of nitrogens with one attached hydrogen (secondary N) is 1. The number of hydrogen-bond donors (Lipinski definition) is 1. The molecular weight excluding hydrogens is 222 g/mol. The van der Waals surface area contributed by atoms with Crippen LogP contribution in [0.15, 0.2) is 12.1 Å². The van der Waals surface area contributed by atoms with Crippen LogP contribution in [0.1, 0.15) is 28.4 Å². The number of thiophene rings is 1. The summed E-state index contributed by atoms with van der Waals surface area (Å²) >= 11 is 1.57. The Hall–Kier alpha value is -0.870. The highest BCUT2D eigenvalue weighted by molar-refractivity contribution is 7.14. The summed E-state index contributed by atoms with van der Waals surface area (Å²) in [6, 6.07) is 3.92. The predicted molar refractivity (Wildman–Crippen MR) is 65.0 cm³/mol. The van der Waals surface area contributed by atoms with Crippen molar-refractivity contribution in [3.8, 4) is 0 Å². The van der Waals surface area contributed by atoms with Crippen molar-refractivity contribution in [1.82, 2.24) is 5.32 Å². The molecule has 1 aromatic heterocycles. The van der Waals surface area contributed by atoms with Crippen LogP contribution in [0.4, 0.5) is 0 Å². The van der Waals surface area contributed by atoms with Gasteiger partial charge in [0.2, 0.25) is 0 Å². The number of ether oxygens (including phenoxy) is 1. The van der Waals surface area contributed by atoms with Crippen molar-refractivity contribution < 1.29 is 9.53 Å². The van der Waals surface area contributed by atoms with E-state index in [-0.39, 0.29) is 11.3 Å². The number of rotatable bonds is 4. The third-order valence-electron chi connectivity index (χ3n) is 2.81. The summed E-state index contributed by atoms with van der Waals surface area (Å²) in [6.45, 7) is 6.42. The summed E-state index contributed by atoms with van der Waals surface area (Å²) in [5, 5.41) is 2.97. The van der Waals surface area contributed by atoms with Crippen LogP contribution >= 0.6 is 11.3 Å². The minimum Gasteiger partial charge on any atom is -0.380 e. The number of aryl methyl sites for hydroxylation is 1. The topological polar surface area (TPSA) is 38.3 Å². The van der Waals surface area contributed by atoms with Crippen LogP contribution in [0, 0.1) is 5.41 Å². The number of hydrogen-bond acceptors (Lipinski definition) is 3. The fraction of sp³-hybridized carbons (Fsp3) is 0.583. The number of carbonyl (C=O) groups excluding carboxylic acids is 1. The first-order valence-corrected chi connectivity index (χ1v) is 6.39. The monoisotopic (exact) mass is 239 g/mol. The lowest BCUT2D eigenvalue weighted by atomic mass is 9.89. The molecule has 1 saturated heterocycles. The first-order chi connectivity index (χ1) is 7.63. The van der Waals surface area contributed by atoms with Crippen LogP contribution in [-0.2, 0) is 11.2 Å². The SMILES string of the molecule is CCc1ccc(C(=O)NCC2(C)COC2)s1. The van der Waals surface area contributed by atoms with Crippen LogP contribution < -0.4 is 5.32 Å². The molecule has 16 heavy (non-hydrogen) atoms. The molecule has 0 bridgehead atoms. The zero-order chi connectivity index (χ0) is 11.6. The van der Waals surface area contributed by atoms with Crippen molar-refractivity contribution in [2.75, 3.05) is 19.8 Å². The Labute approximate surface area is 99.8 Å². The van der Waals surface area contributed by atoms with Gasteiger partial charge in [-0.2, -0.15) is 0 Å². The molecule has 4 heteroatoms. The molecular formula is C12H17NO2S. The van der Waals surface area contributed by atoms with E-state index >= 15 is 0 Å². The molecule has 88 valence electrons. The summed E-state index contributed by atoms with van der Waals surface area (Å²) in [7, 11) is 0. The van der Waals surface area contributed by atoms with Gasteiger partial charge in [-0.05, 0) is 18.6 Å². The van der Waals surface area contributed by atoms with Gasteiger partial charge in [-0.25, -0.2) is 0 Å². The average Bonchev–Trinajstić information content (AvgIpc) is 2.71. The van der Waals surface area contributed by atoms with Crippen molar-refractivity contribution in [3.05, 3.63) is 21.9 Å². The minimum atomic E-state index is 0.0397. The Morgan fingerprint density at radius 3 is 2.81 bits per heavy atom. The highest BCUT2D eigenvalue weighted by atomic mass is 32.1. The van der Waals surface area contributed by atoms with Gasteiger partial charge in [-0.3, -0.25) is 4.79 Å². The van der Waals surface area contributed by atoms with E-state index in [1.54, 1.807) is 11.3 Å². The third-order valence-corrected chi connectivity index (χ3v) is 4.04. The Morgan fingerprint density at radius 1 is 1.56 bits per heavy atom. The Kier molecular flexibility index (Phi) is 3.30. The zero-order valence-electron chi connectivity index (χ0n) is 9.71. The maximum absolute atomic E-state index is 11.8. The zero-order valence-corrected chi connectivity index (χ0v) is 10.5. The Morgan fingerprint density at radius 2 is 2.31 bits per heavy atom. The van der Waals surface area contributed by atoms with Gasteiger partial charge >= 0.3 is 0 Å². The highest BCUT2D eigenvalue weighted by Gasteiger charge is 2.33. The largest absolute Gasteiger partial charge is 0.380 e. The molecule has 1 fully saturated rings. The molecule has 0 spiro atoms. The molecule has 0 aromatic carbocycles. The van der Waals surface area contributed by atoms with E-state index in [4.69, 9.17) is 4.74 Å². The first kappa shape index (κ1) is 11.6. The van der Waals surface area contributed by atoms with Gasteiger partial charge in [0.25, 0.3) is 5.91 Å². The average molecular weight is 239 g/mol. The molecule has 0 saturated carbocycles. The third kappa shape index (κ3) is 2.44. The van der Waals surface area contributed by atoms with E-state index < -0.39 is 0 Å². The standard InChI is InChI=1S/C12H17NO2S/c1-3-9-4-5-10(16-9)11(14)13-6-12(2)7-15-8-12/h4-5H,3,6-8H2,1-2H3,(H,13,14). The van der Waals surface area contributed by atoms with Crippen molar-refractivity contribution in [2.45, 2.75) is 20.3 Å². The maximum atomic E-state index is 11.8. The van der Waals surface area contributed by atoms with Gasteiger partial charge in [0.1, 0.15) is 0 Å². The van der Waals surface area contributed by atoms with Gasteiger partial charge in [-0.1, -0.05) is 13.8 Å². The van der Waals surface area contributed by atoms with Crippen LogP contribution in [0.3, 0.4) is 0 Å². The van der Waals surface area contributed by atoms with Crippen molar-refractivity contribution in [3.63, 3.8) is 0 Å². The molecule has 1 amide bonds. The Bertz CT molecular complexity index is 382. The smallest absolute Gasteiger partial charge is 0.261 e. The van der Waals surface area contributed by atoms with Crippen molar-refractivity contribution >= 4 is 17.2 Å². The van der Waals surface area contributed by atoms with Crippen molar-refractivity contribution in [1.29, 1.82) is 0 Å². The minimum absolute atomic E-state index is 0.0397. The summed E-state index contributed by atoms with van der Waals surface area (Å²) in [5.74, 6) is 0.0397. The van der Waals surface area contributed by atoms with E-state index in [9.17, 15) is 4.79 Å². The molecule has 2 rings (SSSR count). The van der Waals surface area contributed by atoms with Gasteiger partial charge in [0.15, 0.2) is 0 Å². The van der Waals surface area contributed by atoms with E-state index in [2.05, 4.69) is 19.2 Å². The summed E-state index contributed by atoms with van der Waals surface area (Å²) in [6.07, 6.45) is 0.990. The molecule has 0 radical (unpaired) electrons. The molecule has 0 aliphatic carbocycles. The quantitative estimate of drug-likeness (QED) is 0.873. The lowest BCUT2D eigenvalue weighted by molar-refractivity contribution is -0.0978. The molecule has 2 heterocycles. The first-order valence-electron chi connectivity index (χ1n) is 5.58. The van der Waals surface area contributed by atoms with E-state index in [0.717, 1.165) is 24.5 Å².